The van der Waals surface area contributed by atoms with Crippen LogP contribution in [-0.2, 0) is 0 Å². The number of anilines is 2. The summed E-state index contributed by atoms with van der Waals surface area (Å²) in [7, 11) is 1.60. The highest BCUT2D eigenvalue weighted by molar-refractivity contribution is 5.97. The normalized spacial score (nSPS) is 16.9. The number of rotatable bonds is 4. The Hall–Kier alpha value is -3.29. The van der Waals surface area contributed by atoms with Crippen LogP contribution in [0, 0.1) is 6.92 Å². The summed E-state index contributed by atoms with van der Waals surface area (Å²) in [5.74, 6) is 2.64. The van der Waals surface area contributed by atoms with Crippen LogP contribution in [0.5, 0.6) is 5.75 Å². The predicted octanol–water partition coefficient (Wildman–Crippen LogP) is 3.10. The maximum absolute atomic E-state index is 13.0. The molecule has 3 aromatic rings. The average molecular weight is 422 g/mol. The molecule has 1 amide bonds. The van der Waals surface area contributed by atoms with Gasteiger partial charge in [0.1, 0.15) is 5.82 Å². The molecule has 2 aliphatic heterocycles. The Kier molecular flexibility index (Phi) is 5.13. The number of benzene rings is 1. The van der Waals surface area contributed by atoms with Crippen molar-refractivity contribution in [2.45, 2.75) is 19.8 Å². The number of piperazine rings is 1. The number of hydrogen-bond donors (Lipinski definition) is 0. The molecule has 0 spiro atoms. The van der Waals surface area contributed by atoms with Crippen LogP contribution in [0.2, 0.25) is 0 Å². The van der Waals surface area contributed by atoms with Gasteiger partial charge in [0.2, 0.25) is 5.95 Å². The van der Waals surface area contributed by atoms with Crippen LogP contribution in [0.25, 0.3) is 11.0 Å². The van der Waals surface area contributed by atoms with Crippen LogP contribution in [0.4, 0.5) is 11.8 Å². The lowest BCUT2D eigenvalue weighted by atomic mass is 10.2. The van der Waals surface area contributed by atoms with E-state index in [1.54, 1.807) is 13.2 Å². The van der Waals surface area contributed by atoms with Crippen LogP contribution in [0.1, 0.15) is 29.1 Å². The number of nitrogens with zero attached hydrogens (tertiary/aromatic N) is 5. The standard InChI is InChI=1S/C23H27N5O3/c1-16-14-20(26-8-3-4-9-26)25-23(24-16)28-12-10-27(11-13-28)22(29)19-15-17-6-5-7-18(30-2)21(17)31-19/h5-7,14-15H,3-4,8-13H2,1-2H3. The van der Waals surface area contributed by atoms with Crippen molar-refractivity contribution in [1.29, 1.82) is 0 Å². The lowest BCUT2D eigenvalue weighted by Gasteiger charge is -2.34. The maximum Gasteiger partial charge on any atom is 0.289 e. The van der Waals surface area contributed by atoms with E-state index in [9.17, 15) is 4.79 Å². The number of aryl methyl sites for hydroxylation is 1. The highest BCUT2D eigenvalue weighted by Crippen LogP contribution is 2.29. The molecular formula is C23H27N5O3. The molecule has 1 aromatic carbocycles. The van der Waals surface area contributed by atoms with Gasteiger partial charge in [-0.25, -0.2) is 4.98 Å². The molecule has 8 heteroatoms. The topological polar surface area (TPSA) is 74.9 Å². The number of amides is 1. The highest BCUT2D eigenvalue weighted by atomic mass is 16.5. The SMILES string of the molecule is COc1cccc2cc(C(=O)N3CCN(c4nc(C)cc(N5CCCC5)n4)CC3)oc12. The summed E-state index contributed by atoms with van der Waals surface area (Å²) in [5.41, 5.74) is 1.58. The van der Waals surface area contributed by atoms with Crippen molar-refractivity contribution in [3.63, 3.8) is 0 Å². The summed E-state index contributed by atoms with van der Waals surface area (Å²) in [6.45, 7) is 6.71. The van der Waals surface area contributed by atoms with Crippen LogP contribution in [0.15, 0.2) is 34.7 Å². The zero-order valence-corrected chi connectivity index (χ0v) is 18.0. The second-order valence-corrected chi connectivity index (χ2v) is 8.13. The van der Waals surface area contributed by atoms with Crippen LogP contribution in [-0.4, -0.2) is 67.2 Å². The largest absolute Gasteiger partial charge is 0.493 e. The Balaban J connectivity index is 1.29. The Morgan fingerprint density at radius 1 is 1.00 bits per heavy atom. The lowest BCUT2D eigenvalue weighted by molar-refractivity contribution is 0.0716. The Labute approximate surface area is 181 Å². The van der Waals surface area contributed by atoms with E-state index in [0.717, 1.165) is 35.9 Å². The number of para-hydroxylation sites is 1. The van der Waals surface area contributed by atoms with Crippen LogP contribution >= 0.6 is 0 Å². The molecule has 5 rings (SSSR count). The minimum atomic E-state index is -0.0965. The summed E-state index contributed by atoms with van der Waals surface area (Å²) in [5, 5.41) is 0.865. The maximum atomic E-state index is 13.0. The summed E-state index contributed by atoms with van der Waals surface area (Å²) in [6.07, 6.45) is 2.43. The van der Waals surface area contributed by atoms with E-state index in [1.165, 1.54) is 12.8 Å². The first-order chi connectivity index (χ1) is 15.1. The Bertz CT molecular complexity index is 1100. The van der Waals surface area contributed by atoms with E-state index < -0.39 is 0 Å². The average Bonchev–Trinajstić information content (AvgIpc) is 3.48. The molecule has 4 heterocycles. The fourth-order valence-electron chi connectivity index (χ4n) is 4.35. The molecule has 0 radical (unpaired) electrons. The molecule has 2 saturated heterocycles. The number of hydrogen-bond acceptors (Lipinski definition) is 7. The highest BCUT2D eigenvalue weighted by Gasteiger charge is 2.27. The van der Waals surface area contributed by atoms with E-state index in [4.69, 9.17) is 14.1 Å². The third-order valence-electron chi connectivity index (χ3n) is 6.05. The fraction of sp³-hybridized carbons (Fsp3) is 0.435. The van der Waals surface area contributed by atoms with Gasteiger partial charge in [0.05, 0.1) is 7.11 Å². The van der Waals surface area contributed by atoms with Crippen molar-refractivity contribution < 1.29 is 13.9 Å². The van der Waals surface area contributed by atoms with Crippen molar-refractivity contribution in [3.05, 3.63) is 41.8 Å². The van der Waals surface area contributed by atoms with Crippen LogP contribution < -0.4 is 14.5 Å². The first-order valence-corrected chi connectivity index (χ1v) is 10.8. The molecule has 8 nitrogen and oxygen atoms in total. The van der Waals surface area contributed by atoms with E-state index in [-0.39, 0.29) is 5.91 Å². The van der Waals surface area contributed by atoms with E-state index >= 15 is 0 Å². The van der Waals surface area contributed by atoms with Gasteiger partial charge in [-0.15, -0.1) is 0 Å². The Morgan fingerprint density at radius 3 is 2.52 bits per heavy atom. The van der Waals surface area contributed by atoms with Gasteiger partial charge < -0.3 is 23.9 Å². The van der Waals surface area contributed by atoms with Crippen molar-refractivity contribution in [1.82, 2.24) is 14.9 Å². The van der Waals surface area contributed by atoms with Gasteiger partial charge in [-0.2, -0.15) is 4.98 Å². The fourth-order valence-corrected chi connectivity index (χ4v) is 4.35. The monoisotopic (exact) mass is 421 g/mol. The second kappa shape index (κ2) is 8.09. The first-order valence-electron chi connectivity index (χ1n) is 10.8. The number of fused-ring (bicyclic) bond motifs is 1. The van der Waals surface area contributed by atoms with Crippen molar-refractivity contribution in [3.8, 4) is 5.75 Å². The summed E-state index contributed by atoms with van der Waals surface area (Å²) in [4.78, 5) is 28.8. The number of methoxy groups -OCH3 is 1. The molecule has 0 saturated carbocycles. The van der Waals surface area contributed by atoms with Gasteiger partial charge >= 0.3 is 0 Å². The third-order valence-corrected chi connectivity index (χ3v) is 6.05. The summed E-state index contributed by atoms with van der Waals surface area (Å²) in [6, 6.07) is 9.49. The molecule has 0 aliphatic carbocycles. The molecule has 0 bridgehead atoms. The molecule has 2 aliphatic rings. The smallest absolute Gasteiger partial charge is 0.289 e. The molecule has 2 aromatic heterocycles. The van der Waals surface area contributed by atoms with Gasteiger partial charge in [-0.05, 0) is 31.9 Å². The van der Waals surface area contributed by atoms with Gasteiger partial charge in [-0.3, -0.25) is 4.79 Å². The molecule has 2 fully saturated rings. The summed E-state index contributed by atoms with van der Waals surface area (Å²) >= 11 is 0. The van der Waals surface area contributed by atoms with Gasteiger partial charge in [0, 0.05) is 56.4 Å². The zero-order chi connectivity index (χ0) is 21.4. The number of carbonyl (C=O) groups excluding carboxylic acids is 1. The molecule has 0 unspecified atom stereocenters. The number of carbonyl (C=O) groups is 1. The van der Waals surface area contributed by atoms with E-state index in [2.05, 4.69) is 20.9 Å². The molecule has 0 atom stereocenters. The number of aromatic nitrogens is 2. The quantitative estimate of drug-likeness (QED) is 0.641. The molecule has 31 heavy (non-hydrogen) atoms. The Morgan fingerprint density at radius 2 is 1.77 bits per heavy atom. The zero-order valence-electron chi connectivity index (χ0n) is 18.0. The van der Waals surface area contributed by atoms with Gasteiger partial charge in [0.15, 0.2) is 17.1 Å². The second-order valence-electron chi connectivity index (χ2n) is 8.13. The summed E-state index contributed by atoms with van der Waals surface area (Å²) < 4.78 is 11.2. The molecular weight excluding hydrogens is 394 g/mol. The van der Waals surface area contributed by atoms with E-state index in [0.29, 0.717) is 43.3 Å². The lowest BCUT2D eigenvalue weighted by Crippen LogP contribution is -2.49. The van der Waals surface area contributed by atoms with Gasteiger partial charge in [0.25, 0.3) is 5.91 Å². The van der Waals surface area contributed by atoms with Crippen molar-refractivity contribution in [2.75, 3.05) is 56.2 Å². The third kappa shape index (κ3) is 3.78. The number of ether oxygens (including phenoxy) is 1. The molecule has 0 N–H and O–H groups in total. The number of furan rings is 1. The van der Waals surface area contributed by atoms with Crippen molar-refractivity contribution in [2.24, 2.45) is 0 Å². The minimum absolute atomic E-state index is 0.0965. The predicted molar refractivity (Wildman–Crippen MR) is 119 cm³/mol. The first kappa shape index (κ1) is 19.7. The molecule has 162 valence electrons. The minimum Gasteiger partial charge on any atom is -0.493 e. The van der Waals surface area contributed by atoms with E-state index in [1.807, 2.05) is 30.0 Å². The van der Waals surface area contributed by atoms with Gasteiger partial charge in [-0.1, -0.05) is 12.1 Å². The van der Waals surface area contributed by atoms with Crippen LogP contribution in [0.3, 0.4) is 0 Å². The van der Waals surface area contributed by atoms with Crippen molar-refractivity contribution >= 4 is 28.6 Å².